The molecule has 0 unspecified atom stereocenters. The number of aryl methyl sites for hydroxylation is 2. The number of rotatable bonds is 0. The third-order valence-corrected chi connectivity index (χ3v) is 3.07. The molecule has 0 spiro atoms. The summed E-state index contributed by atoms with van der Waals surface area (Å²) in [7, 11) is 0. The predicted molar refractivity (Wildman–Crippen MR) is 62.3 cm³/mol. The van der Waals surface area contributed by atoms with Crippen molar-refractivity contribution in [3.05, 3.63) is 46.7 Å². The molecule has 3 nitrogen and oxygen atoms in total. The highest BCUT2D eigenvalue weighted by molar-refractivity contribution is 6.53. The normalized spacial score (nSPS) is 13.5. The van der Waals surface area contributed by atoms with Crippen molar-refractivity contribution in [3.63, 3.8) is 0 Å². The zero-order valence-corrected chi connectivity index (χ0v) is 9.53. The van der Waals surface area contributed by atoms with E-state index in [1.807, 2.05) is 19.1 Å². The van der Waals surface area contributed by atoms with Gasteiger partial charge < -0.3 is 4.42 Å². The number of benzene rings is 1. The van der Waals surface area contributed by atoms with Gasteiger partial charge in [0.15, 0.2) is 0 Å². The van der Waals surface area contributed by atoms with E-state index in [4.69, 9.17) is 4.42 Å². The maximum Gasteiger partial charge on any atom is 0.237 e. The van der Waals surface area contributed by atoms with Crippen LogP contribution in [0.5, 0.6) is 0 Å². The molecule has 0 bridgehead atoms. The van der Waals surface area contributed by atoms with E-state index in [0.29, 0.717) is 28.0 Å². The molecule has 17 heavy (non-hydrogen) atoms. The van der Waals surface area contributed by atoms with Gasteiger partial charge in [-0.3, -0.25) is 9.59 Å². The largest absolute Gasteiger partial charge is 0.463 e. The van der Waals surface area contributed by atoms with Gasteiger partial charge in [-0.15, -0.1) is 0 Å². The molecule has 0 amide bonds. The number of furan rings is 1. The van der Waals surface area contributed by atoms with Gasteiger partial charge >= 0.3 is 0 Å². The minimum absolute atomic E-state index is 0.409. The average molecular weight is 226 g/mol. The molecule has 0 saturated heterocycles. The molecule has 2 aromatic rings. The number of carbonyl (C=O) groups is 2. The summed E-state index contributed by atoms with van der Waals surface area (Å²) in [6, 6.07) is 5.47. The minimum atomic E-state index is -0.468. The molecular formula is C14H10O3. The molecule has 0 atom stereocenters. The first-order valence-electron chi connectivity index (χ1n) is 5.37. The Labute approximate surface area is 98.1 Å². The zero-order chi connectivity index (χ0) is 12.2. The fourth-order valence-electron chi connectivity index (χ4n) is 2.20. The Kier molecular flexibility index (Phi) is 1.87. The maximum atomic E-state index is 12.0. The Morgan fingerprint density at radius 1 is 1.00 bits per heavy atom. The molecule has 1 aromatic carbocycles. The first kappa shape index (κ1) is 10.0. The highest BCUT2D eigenvalue weighted by Gasteiger charge is 2.34. The van der Waals surface area contributed by atoms with Crippen LogP contribution in [0.4, 0.5) is 0 Å². The van der Waals surface area contributed by atoms with Gasteiger partial charge in [0.05, 0.1) is 11.8 Å². The fourth-order valence-corrected chi connectivity index (χ4v) is 2.20. The first-order chi connectivity index (χ1) is 8.09. The molecule has 1 aromatic heterocycles. The molecule has 0 saturated carbocycles. The molecule has 84 valence electrons. The summed E-state index contributed by atoms with van der Waals surface area (Å²) in [5.41, 5.74) is 3.23. The van der Waals surface area contributed by atoms with Crippen LogP contribution in [0.3, 0.4) is 0 Å². The SMILES string of the molecule is Cc1ccc2c(c1)C(=O)C(=O)c1c(C)coc1-2. The third-order valence-electron chi connectivity index (χ3n) is 3.07. The molecule has 1 aliphatic carbocycles. The van der Waals surface area contributed by atoms with Gasteiger partial charge in [-0.2, -0.15) is 0 Å². The molecule has 0 fully saturated rings. The van der Waals surface area contributed by atoms with E-state index in [2.05, 4.69) is 0 Å². The van der Waals surface area contributed by atoms with Crippen LogP contribution in [-0.4, -0.2) is 11.6 Å². The van der Waals surface area contributed by atoms with E-state index >= 15 is 0 Å². The summed E-state index contributed by atoms with van der Waals surface area (Å²) in [5.74, 6) is -0.396. The van der Waals surface area contributed by atoms with Gasteiger partial charge in [0, 0.05) is 11.1 Å². The van der Waals surface area contributed by atoms with Gasteiger partial charge in [0.2, 0.25) is 11.6 Å². The quantitative estimate of drug-likeness (QED) is 0.649. The van der Waals surface area contributed by atoms with Crippen molar-refractivity contribution in [2.45, 2.75) is 13.8 Å². The van der Waals surface area contributed by atoms with Crippen LogP contribution in [0.2, 0.25) is 0 Å². The highest BCUT2D eigenvalue weighted by atomic mass is 16.3. The molecule has 0 aliphatic heterocycles. The number of hydrogen-bond acceptors (Lipinski definition) is 3. The van der Waals surface area contributed by atoms with Crippen LogP contribution in [0.25, 0.3) is 11.3 Å². The van der Waals surface area contributed by atoms with Crippen molar-refractivity contribution in [3.8, 4) is 11.3 Å². The number of Topliss-reactive ketones (excluding diaryl/α,β-unsaturated/α-hetero) is 2. The average Bonchev–Trinajstić information content (AvgIpc) is 2.68. The molecular weight excluding hydrogens is 216 g/mol. The van der Waals surface area contributed by atoms with Crippen LogP contribution >= 0.6 is 0 Å². The van der Waals surface area contributed by atoms with E-state index in [9.17, 15) is 9.59 Å². The topological polar surface area (TPSA) is 47.3 Å². The summed E-state index contributed by atoms with van der Waals surface area (Å²) in [6.45, 7) is 3.66. The van der Waals surface area contributed by atoms with Gasteiger partial charge in [0.1, 0.15) is 5.76 Å². The van der Waals surface area contributed by atoms with E-state index in [1.165, 1.54) is 6.26 Å². The standard InChI is InChI=1S/C14H10O3/c1-7-3-4-9-10(5-7)12(15)13(16)11-8(2)6-17-14(9)11/h3-6H,1-2H3. The monoisotopic (exact) mass is 226 g/mol. The van der Waals surface area contributed by atoms with E-state index in [-0.39, 0.29) is 0 Å². The van der Waals surface area contributed by atoms with Crippen LogP contribution < -0.4 is 0 Å². The van der Waals surface area contributed by atoms with E-state index in [0.717, 1.165) is 5.56 Å². The molecule has 0 N–H and O–H groups in total. The van der Waals surface area contributed by atoms with Crippen molar-refractivity contribution in [2.75, 3.05) is 0 Å². The van der Waals surface area contributed by atoms with Crippen LogP contribution in [-0.2, 0) is 0 Å². The lowest BCUT2D eigenvalue weighted by Gasteiger charge is -2.14. The lowest BCUT2D eigenvalue weighted by atomic mass is 9.86. The molecule has 1 heterocycles. The number of hydrogen-bond donors (Lipinski definition) is 0. The molecule has 3 rings (SSSR count). The first-order valence-corrected chi connectivity index (χ1v) is 5.37. The zero-order valence-electron chi connectivity index (χ0n) is 9.53. The van der Waals surface area contributed by atoms with Gasteiger partial charge in [-0.25, -0.2) is 0 Å². The smallest absolute Gasteiger partial charge is 0.237 e. The number of carbonyl (C=O) groups excluding carboxylic acids is 2. The summed E-state index contributed by atoms with van der Waals surface area (Å²) >= 11 is 0. The van der Waals surface area contributed by atoms with Crippen molar-refractivity contribution in [1.29, 1.82) is 0 Å². The highest BCUT2D eigenvalue weighted by Crippen LogP contribution is 2.36. The van der Waals surface area contributed by atoms with Crippen molar-refractivity contribution in [2.24, 2.45) is 0 Å². The van der Waals surface area contributed by atoms with Crippen LogP contribution in [0, 0.1) is 13.8 Å². The molecule has 1 aliphatic rings. The number of fused-ring (bicyclic) bond motifs is 3. The van der Waals surface area contributed by atoms with E-state index in [1.54, 1.807) is 13.0 Å². The lowest BCUT2D eigenvalue weighted by Crippen LogP contribution is -2.21. The van der Waals surface area contributed by atoms with Gasteiger partial charge in [0.25, 0.3) is 0 Å². The molecule has 3 heteroatoms. The minimum Gasteiger partial charge on any atom is -0.463 e. The summed E-state index contributed by atoms with van der Waals surface area (Å²) in [4.78, 5) is 24.0. The second-order valence-corrected chi connectivity index (χ2v) is 4.33. The van der Waals surface area contributed by atoms with Crippen LogP contribution in [0.15, 0.2) is 28.9 Å². The fraction of sp³-hybridized carbons (Fsp3) is 0.143. The Balaban J connectivity index is 2.40. The van der Waals surface area contributed by atoms with Crippen LogP contribution in [0.1, 0.15) is 31.8 Å². The molecule has 0 radical (unpaired) electrons. The van der Waals surface area contributed by atoms with Gasteiger partial charge in [-0.05, 0) is 25.5 Å². The van der Waals surface area contributed by atoms with Crippen molar-refractivity contribution in [1.82, 2.24) is 0 Å². The Hall–Kier alpha value is -2.16. The van der Waals surface area contributed by atoms with E-state index < -0.39 is 11.6 Å². The summed E-state index contributed by atoms with van der Waals surface area (Å²) < 4.78 is 5.40. The third kappa shape index (κ3) is 1.22. The maximum absolute atomic E-state index is 12.0. The predicted octanol–water partition coefficient (Wildman–Crippen LogP) is 2.94. The second kappa shape index (κ2) is 3.17. The van der Waals surface area contributed by atoms with Gasteiger partial charge in [-0.1, -0.05) is 17.7 Å². The summed E-state index contributed by atoms with van der Waals surface area (Å²) in [6.07, 6.45) is 1.52. The lowest BCUT2D eigenvalue weighted by molar-refractivity contribution is 0.0814. The number of ketones is 2. The Bertz CT molecular complexity index is 662. The second-order valence-electron chi connectivity index (χ2n) is 4.33. The Morgan fingerprint density at radius 3 is 2.53 bits per heavy atom. The Morgan fingerprint density at radius 2 is 1.76 bits per heavy atom. The summed E-state index contributed by atoms with van der Waals surface area (Å²) in [5, 5.41) is 0. The van der Waals surface area contributed by atoms with Crippen molar-refractivity contribution >= 4 is 11.6 Å². The van der Waals surface area contributed by atoms with Crippen molar-refractivity contribution < 1.29 is 14.0 Å².